The van der Waals surface area contributed by atoms with Crippen LogP contribution in [0, 0.1) is 0 Å². The maximum Gasteiger partial charge on any atom is 0.315 e. The first-order valence-electron chi connectivity index (χ1n) is 5.88. The van der Waals surface area contributed by atoms with Gasteiger partial charge in [0.2, 0.25) is 0 Å². The van der Waals surface area contributed by atoms with Crippen molar-refractivity contribution in [3.8, 4) is 0 Å². The molecule has 1 aromatic rings. The zero-order chi connectivity index (χ0) is 11.9. The van der Waals surface area contributed by atoms with Crippen LogP contribution in [0.1, 0.15) is 18.5 Å². The number of nitrogens with one attached hydrogen (secondary N) is 2. The topological polar surface area (TPSA) is 63.2 Å². The molecule has 1 fully saturated rings. The molecule has 1 aliphatic heterocycles. The molecule has 0 radical (unpaired) electrons. The van der Waals surface area contributed by atoms with E-state index < -0.39 is 0 Å². The molecule has 5 heteroatoms. The van der Waals surface area contributed by atoms with Crippen LogP contribution in [0.5, 0.6) is 0 Å². The van der Waals surface area contributed by atoms with Gasteiger partial charge in [0.15, 0.2) is 0 Å². The third-order valence-corrected chi connectivity index (χ3v) is 2.67. The van der Waals surface area contributed by atoms with Gasteiger partial charge in [-0.05, 0) is 25.0 Å². The van der Waals surface area contributed by atoms with Crippen LogP contribution >= 0.6 is 0 Å². The number of ether oxygens (including phenoxy) is 1. The van der Waals surface area contributed by atoms with Gasteiger partial charge in [-0.25, -0.2) is 4.79 Å². The van der Waals surface area contributed by atoms with Crippen molar-refractivity contribution < 1.29 is 9.53 Å². The maximum absolute atomic E-state index is 11.5. The summed E-state index contributed by atoms with van der Waals surface area (Å²) in [6.07, 6.45) is 4.00. The number of nitrogens with zero attached hydrogens (tertiary/aromatic N) is 1. The third-order valence-electron chi connectivity index (χ3n) is 2.67. The SMILES string of the molecule is O=C(NCc1ccccn1)NCC1CCCO1. The molecule has 1 saturated heterocycles. The molecule has 1 atom stereocenters. The highest BCUT2D eigenvalue weighted by atomic mass is 16.5. The summed E-state index contributed by atoms with van der Waals surface area (Å²) in [5, 5.41) is 5.55. The Morgan fingerprint density at radius 1 is 1.47 bits per heavy atom. The lowest BCUT2D eigenvalue weighted by molar-refractivity contribution is 0.111. The molecular formula is C12H17N3O2. The lowest BCUT2D eigenvalue weighted by Gasteiger charge is -2.11. The van der Waals surface area contributed by atoms with Gasteiger partial charge in [0, 0.05) is 19.3 Å². The summed E-state index contributed by atoms with van der Waals surface area (Å²) >= 11 is 0. The van der Waals surface area contributed by atoms with E-state index in [0.29, 0.717) is 13.1 Å². The molecule has 0 spiro atoms. The molecular weight excluding hydrogens is 218 g/mol. The predicted octanol–water partition coefficient (Wildman–Crippen LogP) is 1.06. The minimum Gasteiger partial charge on any atom is -0.376 e. The van der Waals surface area contributed by atoms with Crippen LogP contribution < -0.4 is 10.6 Å². The second-order valence-corrected chi connectivity index (χ2v) is 4.02. The first-order valence-corrected chi connectivity index (χ1v) is 5.88. The second-order valence-electron chi connectivity index (χ2n) is 4.02. The third kappa shape index (κ3) is 4.03. The molecule has 2 amide bonds. The smallest absolute Gasteiger partial charge is 0.315 e. The fourth-order valence-corrected chi connectivity index (χ4v) is 1.75. The molecule has 1 unspecified atom stereocenters. The minimum atomic E-state index is -0.175. The van der Waals surface area contributed by atoms with E-state index in [4.69, 9.17) is 4.74 Å². The lowest BCUT2D eigenvalue weighted by Crippen LogP contribution is -2.39. The molecule has 2 heterocycles. The summed E-state index contributed by atoms with van der Waals surface area (Å²) in [6, 6.07) is 5.45. The molecule has 17 heavy (non-hydrogen) atoms. The molecule has 0 aliphatic carbocycles. The van der Waals surface area contributed by atoms with Gasteiger partial charge in [0.05, 0.1) is 18.3 Å². The number of carbonyl (C=O) groups is 1. The van der Waals surface area contributed by atoms with E-state index in [9.17, 15) is 4.79 Å². The molecule has 0 aromatic carbocycles. The van der Waals surface area contributed by atoms with Gasteiger partial charge in [-0.1, -0.05) is 6.07 Å². The number of amides is 2. The standard InChI is InChI=1S/C12H17N3O2/c16-12(15-9-11-5-3-7-17-11)14-8-10-4-1-2-6-13-10/h1-2,4,6,11H,3,5,7-9H2,(H2,14,15,16). The summed E-state index contributed by atoms with van der Waals surface area (Å²) in [7, 11) is 0. The van der Waals surface area contributed by atoms with Crippen LogP contribution in [0.25, 0.3) is 0 Å². The van der Waals surface area contributed by atoms with Crippen LogP contribution in [-0.2, 0) is 11.3 Å². The number of urea groups is 1. The summed E-state index contributed by atoms with van der Waals surface area (Å²) < 4.78 is 5.41. The van der Waals surface area contributed by atoms with Crippen LogP contribution in [0.2, 0.25) is 0 Å². The van der Waals surface area contributed by atoms with E-state index in [1.807, 2.05) is 18.2 Å². The van der Waals surface area contributed by atoms with Crippen molar-refractivity contribution in [2.75, 3.05) is 13.2 Å². The molecule has 1 aromatic heterocycles. The van der Waals surface area contributed by atoms with Crippen molar-refractivity contribution in [2.24, 2.45) is 0 Å². The highest BCUT2D eigenvalue weighted by Crippen LogP contribution is 2.10. The number of hydrogen-bond donors (Lipinski definition) is 2. The zero-order valence-corrected chi connectivity index (χ0v) is 9.69. The minimum absolute atomic E-state index is 0.175. The van der Waals surface area contributed by atoms with Crippen molar-refractivity contribution in [1.29, 1.82) is 0 Å². The van der Waals surface area contributed by atoms with Crippen LogP contribution in [-0.4, -0.2) is 30.3 Å². The maximum atomic E-state index is 11.5. The number of rotatable bonds is 4. The van der Waals surface area contributed by atoms with Crippen molar-refractivity contribution in [1.82, 2.24) is 15.6 Å². The fraction of sp³-hybridized carbons (Fsp3) is 0.500. The van der Waals surface area contributed by atoms with E-state index >= 15 is 0 Å². The summed E-state index contributed by atoms with van der Waals surface area (Å²) in [6.45, 7) is 1.83. The van der Waals surface area contributed by atoms with Gasteiger partial charge >= 0.3 is 6.03 Å². The first-order chi connectivity index (χ1) is 8.34. The number of carbonyl (C=O) groups excluding carboxylic acids is 1. The van der Waals surface area contributed by atoms with Gasteiger partial charge in [-0.3, -0.25) is 4.98 Å². The number of aromatic nitrogens is 1. The highest BCUT2D eigenvalue weighted by Gasteiger charge is 2.15. The van der Waals surface area contributed by atoms with E-state index in [1.165, 1.54) is 0 Å². The Labute approximate surface area is 101 Å². The molecule has 2 N–H and O–H groups in total. The molecule has 1 aliphatic rings. The predicted molar refractivity (Wildman–Crippen MR) is 63.4 cm³/mol. The van der Waals surface area contributed by atoms with Crippen LogP contribution in [0.4, 0.5) is 4.79 Å². The van der Waals surface area contributed by atoms with Gasteiger partial charge in [0.25, 0.3) is 0 Å². The molecule has 0 saturated carbocycles. The normalized spacial score (nSPS) is 18.9. The van der Waals surface area contributed by atoms with Crippen molar-refractivity contribution >= 4 is 6.03 Å². The summed E-state index contributed by atoms with van der Waals surface area (Å²) in [5.41, 5.74) is 0.847. The van der Waals surface area contributed by atoms with E-state index in [1.54, 1.807) is 6.20 Å². The van der Waals surface area contributed by atoms with Crippen molar-refractivity contribution in [3.63, 3.8) is 0 Å². The summed E-state index contributed by atoms with van der Waals surface area (Å²) in [5.74, 6) is 0. The van der Waals surface area contributed by atoms with Crippen LogP contribution in [0.3, 0.4) is 0 Å². The molecule has 92 valence electrons. The Hall–Kier alpha value is -1.62. The first kappa shape index (κ1) is 11.9. The largest absolute Gasteiger partial charge is 0.376 e. The van der Waals surface area contributed by atoms with E-state index in [0.717, 1.165) is 25.1 Å². The molecule has 2 rings (SSSR count). The highest BCUT2D eigenvalue weighted by molar-refractivity contribution is 5.73. The van der Waals surface area contributed by atoms with Gasteiger partial charge in [0.1, 0.15) is 0 Å². The Kier molecular flexibility index (Phi) is 4.32. The fourth-order valence-electron chi connectivity index (χ4n) is 1.75. The van der Waals surface area contributed by atoms with E-state index in [2.05, 4.69) is 15.6 Å². The second kappa shape index (κ2) is 6.20. The average Bonchev–Trinajstić information content (AvgIpc) is 2.88. The molecule has 0 bridgehead atoms. The van der Waals surface area contributed by atoms with Crippen LogP contribution in [0.15, 0.2) is 24.4 Å². The van der Waals surface area contributed by atoms with Gasteiger partial charge in [-0.2, -0.15) is 0 Å². The Morgan fingerprint density at radius 3 is 3.12 bits per heavy atom. The van der Waals surface area contributed by atoms with E-state index in [-0.39, 0.29) is 12.1 Å². The summed E-state index contributed by atoms with van der Waals surface area (Å²) in [4.78, 5) is 15.6. The lowest BCUT2D eigenvalue weighted by atomic mass is 10.2. The Bertz CT molecular complexity index is 350. The number of pyridine rings is 1. The van der Waals surface area contributed by atoms with Gasteiger partial charge in [-0.15, -0.1) is 0 Å². The Morgan fingerprint density at radius 2 is 2.41 bits per heavy atom. The van der Waals surface area contributed by atoms with Gasteiger partial charge < -0.3 is 15.4 Å². The molecule has 5 nitrogen and oxygen atoms in total. The quantitative estimate of drug-likeness (QED) is 0.820. The zero-order valence-electron chi connectivity index (χ0n) is 9.69. The van der Waals surface area contributed by atoms with Crippen molar-refractivity contribution in [2.45, 2.75) is 25.5 Å². The average molecular weight is 235 g/mol. The number of hydrogen-bond acceptors (Lipinski definition) is 3. The monoisotopic (exact) mass is 235 g/mol. The Balaban J connectivity index is 1.64. The van der Waals surface area contributed by atoms with Crippen molar-refractivity contribution in [3.05, 3.63) is 30.1 Å².